The van der Waals surface area contributed by atoms with E-state index in [-0.39, 0.29) is 0 Å². The second-order valence-corrected chi connectivity index (χ2v) is 2.89. The maximum absolute atomic E-state index is 4.14. The Balaban J connectivity index is 4.14. The fourth-order valence-corrected chi connectivity index (χ4v) is 1.13. The molecule has 2 heteroatoms. The van der Waals surface area contributed by atoms with Crippen molar-refractivity contribution in [2.45, 2.75) is 26.8 Å². The van der Waals surface area contributed by atoms with Gasteiger partial charge < -0.3 is 5.32 Å². The zero-order valence-electron chi connectivity index (χ0n) is 7.89. The topological polar surface area (TPSA) is 24.4 Å². The van der Waals surface area contributed by atoms with Crippen LogP contribution >= 0.6 is 0 Å². The van der Waals surface area contributed by atoms with Gasteiger partial charge in [0.1, 0.15) is 0 Å². The van der Waals surface area contributed by atoms with Gasteiger partial charge in [0.15, 0.2) is 0 Å². The molecule has 2 nitrogen and oxygen atoms in total. The van der Waals surface area contributed by atoms with Crippen LogP contribution in [0.2, 0.25) is 0 Å². The van der Waals surface area contributed by atoms with Gasteiger partial charge in [-0.1, -0.05) is 20.4 Å². The highest BCUT2D eigenvalue weighted by Crippen LogP contribution is 2.10. The molecule has 0 saturated heterocycles. The monoisotopic (exact) mass is 154 g/mol. The van der Waals surface area contributed by atoms with E-state index in [0.717, 1.165) is 5.70 Å². The van der Waals surface area contributed by atoms with Crippen molar-refractivity contribution in [3.05, 3.63) is 12.3 Å². The molecule has 0 unspecified atom stereocenters. The minimum atomic E-state index is 0.297. The second kappa shape index (κ2) is 5.08. The first kappa shape index (κ1) is 10.4. The standard InChI is InChI=1S/C9H18N2/c1-6-11-8(4)9(10-5)7(2)3/h6-7,9-10H,4H2,1-3,5H3/t9-/m0/s1. The van der Waals surface area contributed by atoms with Crippen molar-refractivity contribution in [1.29, 1.82) is 0 Å². The molecule has 0 saturated carbocycles. The maximum atomic E-state index is 4.14. The van der Waals surface area contributed by atoms with Crippen molar-refractivity contribution in [3.8, 4) is 0 Å². The molecule has 0 aromatic rings. The van der Waals surface area contributed by atoms with Crippen LogP contribution in [0.3, 0.4) is 0 Å². The lowest BCUT2D eigenvalue weighted by atomic mass is 10.0. The number of nitrogens with one attached hydrogen (secondary N) is 1. The summed E-state index contributed by atoms with van der Waals surface area (Å²) >= 11 is 0. The summed E-state index contributed by atoms with van der Waals surface area (Å²) < 4.78 is 0. The molecule has 0 bridgehead atoms. The lowest BCUT2D eigenvalue weighted by Gasteiger charge is -2.19. The van der Waals surface area contributed by atoms with Crippen molar-refractivity contribution < 1.29 is 0 Å². The Morgan fingerprint density at radius 2 is 2.09 bits per heavy atom. The molecule has 0 spiro atoms. The van der Waals surface area contributed by atoms with Gasteiger partial charge in [-0.2, -0.15) is 0 Å². The molecular formula is C9H18N2. The van der Waals surface area contributed by atoms with Crippen molar-refractivity contribution >= 4 is 6.21 Å². The second-order valence-electron chi connectivity index (χ2n) is 2.89. The normalized spacial score (nSPS) is 14.3. The summed E-state index contributed by atoms with van der Waals surface area (Å²) in [5, 5.41) is 3.17. The predicted molar refractivity (Wildman–Crippen MR) is 51.0 cm³/mol. The molecule has 0 amide bonds. The van der Waals surface area contributed by atoms with Crippen LogP contribution in [0.1, 0.15) is 20.8 Å². The third kappa shape index (κ3) is 3.33. The molecule has 0 fully saturated rings. The lowest BCUT2D eigenvalue weighted by molar-refractivity contribution is 0.477. The molecule has 0 heterocycles. The molecule has 64 valence electrons. The highest BCUT2D eigenvalue weighted by atomic mass is 14.9. The third-order valence-electron chi connectivity index (χ3n) is 1.63. The SMILES string of the molecule is C=C(N=CC)[C@@H](NC)C(C)C. The third-order valence-corrected chi connectivity index (χ3v) is 1.63. The van der Waals surface area contributed by atoms with Gasteiger partial charge in [-0.25, -0.2) is 0 Å². The molecule has 0 aliphatic rings. The first-order valence-corrected chi connectivity index (χ1v) is 3.98. The fraction of sp³-hybridized carbons (Fsp3) is 0.667. The van der Waals surface area contributed by atoms with E-state index in [4.69, 9.17) is 0 Å². The lowest BCUT2D eigenvalue weighted by Crippen LogP contribution is -2.31. The molecule has 0 aliphatic carbocycles. The van der Waals surface area contributed by atoms with Gasteiger partial charge in [-0.05, 0) is 19.9 Å². The minimum Gasteiger partial charge on any atom is -0.312 e. The van der Waals surface area contributed by atoms with Crippen LogP contribution in [0.4, 0.5) is 0 Å². The van der Waals surface area contributed by atoms with Gasteiger partial charge in [0.05, 0.1) is 6.04 Å². The summed E-state index contributed by atoms with van der Waals surface area (Å²) in [7, 11) is 1.93. The number of aliphatic imine (C=N–C) groups is 1. The smallest absolute Gasteiger partial charge is 0.0509 e. The Morgan fingerprint density at radius 3 is 2.36 bits per heavy atom. The summed E-state index contributed by atoms with van der Waals surface area (Å²) in [6.07, 6.45) is 1.77. The van der Waals surface area contributed by atoms with Crippen molar-refractivity contribution in [2.24, 2.45) is 10.9 Å². The molecule has 11 heavy (non-hydrogen) atoms. The first-order chi connectivity index (χ1) is 5.13. The number of hydrogen-bond acceptors (Lipinski definition) is 2. The largest absolute Gasteiger partial charge is 0.312 e. The van der Waals surface area contributed by atoms with Gasteiger partial charge in [0.25, 0.3) is 0 Å². The number of rotatable bonds is 4. The van der Waals surface area contributed by atoms with E-state index >= 15 is 0 Å². The van der Waals surface area contributed by atoms with Gasteiger partial charge in [0, 0.05) is 11.9 Å². The van der Waals surface area contributed by atoms with Crippen LogP contribution in [-0.2, 0) is 0 Å². The van der Waals surface area contributed by atoms with Crippen molar-refractivity contribution in [3.63, 3.8) is 0 Å². The van der Waals surface area contributed by atoms with E-state index in [9.17, 15) is 0 Å². The molecule has 0 rings (SSSR count). The van der Waals surface area contributed by atoms with E-state index < -0.39 is 0 Å². The van der Waals surface area contributed by atoms with E-state index in [0.29, 0.717) is 12.0 Å². The van der Waals surface area contributed by atoms with Crippen LogP contribution in [0.25, 0.3) is 0 Å². The summed E-state index contributed by atoms with van der Waals surface area (Å²) in [5.41, 5.74) is 0.907. The summed E-state index contributed by atoms with van der Waals surface area (Å²) in [4.78, 5) is 4.14. The Hall–Kier alpha value is -0.630. The summed E-state index contributed by atoms with van der Waals surface area (Å²) in [6.45, 7) is 10.1. The van der Waals surface area contributed by atoms with Gasteiger partial charge in [-0.15, -0.1) is 0 Å². The van der Waals surface area contributed by atoms with E-state index in [1.54, 1.807) is 6.21 Å². The summed E-state index contributed by atoms with van der Waals surface area (Å²) in [6, 6.07) is 0.297. The molecule has 0 aromatic carbocycles. The van der Waals surface area contributed by atoms with Crippen molar-refractivity contribution in [2.75, 3.05) is 7.05 Å². The van der Waals surface area contributed by atoms with Crippen LogP contribution < -0.4 is 5.32 Å². The number of likely N-dealkylation sites (N-methyl/N-ethyl adjacent to an activating group) is 1. The maximum Gasteiger partial charge on any atom is 0.0509 e. The Labute approximate surface area is 69.4 Å². The Kier molecular flexibility index (Phi) is 4.79. The molecular weight excluding hydrogens is 136 g/mol. The summed E-state index contributed by atoms with van der Waals surface area (Å²) in [5.74, 6) is 0.538. The quantitative estimate of drug-likeness (QED) is 0.614. The van der Waals surface area contributed by atoms with E-state index in [2.05, 4.69) is 30.7 Å². The van der Waals surface area contributed by atoms with Crippen molar-refractivity contribution in [1.82, 2.24) is 5.32 Å². The average Bonchev–Trinajstić information content (AvgIpc) is 1.88. The van der Waals surface area contributed by atoms with Crippen LogP contribution in [0.5, 0.6) is 0 Å². The first-order valence-electron chi connectivity index (χ1n) is 3.98. The predicted octanol–water partition coefficient (Wildman–Crippen LogP) is 1.83. The van der Waals surface area contributed by atoms with Crippen LogP contribution in [0.15, 0.2) is 17.3 Å². The Morgan fingerprint density at radius 1 is 1.55 bits per heavy atom. The zero-order chi connectivity index (χ0) is 8.85. The zero-order valence-corrected chi connectivity index (χ0v) is 7.89. The Bertz CT molecular complexity index is 148. The fourth-order valence-electron chi connectivity index (χ4n) is 1.13. The van der Waals surface area contributed by atoms with Crippen LogP contribution in [-0.4, -0.2) is 19.3 Å². The average molecular weight is 154 g/mol. The van der Waals surface area contributed by atoms with Gasteiger partial charge in [-0.3, -0.25) is 4.99 Å². The van der Waals surface area contributed by atoms with E-state index in [1.165, 1.54) is 0 Å². The van der Waals surface area contributed by atoms with Crippen LogP contribution in [0, 0.1) is 5.92 Å². The molecule has 1 N–H and O–H groups in total. The minimum absolute atomic E-state index is 0.297. The number of nitrogens with zero attached hydrogens (tertiary/aromatic N) is 1. The number of hydrogen-bond donors (Lipinski definition) is 1. The molecule has 0 aromatic heterocycles. The molecule has 0 radical (unpaired) electrons. The van der Waals surface area contributed by atoms with Gasteiger partial charge in [0.2, 0.25) is 0 Å². The molecule has 0 aliphatic heterocycles. The molecule has 1 atom stereocenters. The van der Waals surface area contributed by atoms with E-state index in [1.807, 2.05) is 14.0 Å². The highest BCUT2D eigenvalue weighted by molar-refractivity contribution is 5.55. The highest BCUT2D eigenvalue weighted by Gasteiger charge is 2.12. The van der Waals surface area contributed by atoms with Gasteiger partial charge >= 0.3 is 0 Å².